The molecule has 26 heavy (non-hydrogen) atoms. The van der Waals surface area contributed by atoms with Gasteiger partial charge in [-0.25, -0.2) is 0 Å². The van der Waals surface area contributed by atoms with Crippen molar-refractivity contribution in [2.24, 2.45) is 23.7 Å². The quantitative estimate of drug-likeness (QED) is 0.554. The lowest BCUT2D eigenvalue weighted by Gasteiger charge is -2.60. The maximum Gasteiger partial charge on any atom is 0.309 e. The third-order valence-electron chi connectivity index (χ3n) is 7.66. The minimum absolute atomic E-state index is 0.00497. The lowest BCUT2D eigenvalue weighted by atomic mass is 9.52. The van der Waals surface area contributed by atoms with Crippen LogP contribution in [0.15, 0.2) is 0 Å². The Bertz CT molecular complexity index is 604. The summed E-state index contributed by atoms with van der Waals surface area (Å²) in [6, 6.07) is 0. The fourth-order valence-electron chi connectivity index (χ4n) is 6.56. The van der Waals surface area contributed by atoms with E-state index in [1.54, 1.807) is 0 Å². The second-order valence-corrected chi connectivity index (χ2v) is 9.86. The van der Waals surface area contributed by atoms with E-state index < -0.39 is 11.2 Å². The van der Waals surface area contributed by atoms with Gasteiger partial charge in [-0.2, -0.15) is 0 Å². The van der Waals surface area contributed by atoms with Crippen LogP contribution < -0.4 is 0 Å². The molecule has 4 bridgehead atoms. The van der Waals surface area contributed by atoms with Gasteiger partial charge in [0.25, 0.3) is 0 Å². The number of hydrogen-bond donors (Lipinski definition) is 0. The van der Waals surface area contributed by atoms with Gasteiger partial charge in [0, 0.05) is 6.42 Å². The summed E-state index contributed by atoms with van der Waals surface area (Å²) in [5, 5.41) is 0. The van der Waals surface area contributed by atoms with Gasteiger partial charge in [0.15, 0.2) is 0 Å². The minimum atomic E-state index is -0.398. The number of esters is 2. The number of hydrogen-bond acceptors (Lipinski definition) is 5. The second kappa shape index (κ2) is 5.70. The number of carbonyl (C=O) groups is 2. The Hall–Kier alpha value is -1.10. The van der Waals surface area contributed by atoms with E-state index in [2.05, 4.69) is 0 Å². The van der Waals surface area contributed by atoms with Crippen molar-refractivity contribution < 1.29 is 23.8 Å². The fraction of sp³-hybridized carbons (Fsp3) is 0.905. The van der Waals surface area contributed by atoms with E-state index in [0.717, 1.165) is 44.9 Å². The molecule has 5 aliphatic carbocycles. The molecule has 5 nitrogen and oxygen atoms in total. The molecule has 0 aromatic rings. The van der Waals surface area contributed by atoms with Crippen molar-refractivity contribution in [2.75, 3.05) is 0 Å². The molecule has 5 unspecified atom stereocenters. The number of epoxide rings is 1. The first kappa shape index (κ1) is 17.0. The predicted octanol–water partition coefficient (Wildman–Crippen LogP) is 3.39. The van der Waals surface area contributed by atoms with Gasteiger partial charge < -0.3 is 14.2 Å². The molecule has 6 aliphatic rings. The first-order valence-electron chi connectivity index (χ1n) is 10.5. The Morgan fingerprint density at radius 3 is 2.15 bits per heavy atom. The van der Waals surface area contributed by atoms with E-state index in [9.17, 15) is 9.59 Å². The van der Waals surface area contributed by atoms with Crippen LogP contribution in [0, 0.1) is 23.7 Å². The van der Waals surface area contributed by atoms with Crippen molar-refractivity contribution in [1.82, 2.24) is 0 Å². The highest BCUT2D eigenvalue weighted by Gasteiger charge is 2.62. The summed E-state index contributed by atoms with van der Waals surface area (Å²) in [7, 11) is 0. The largest absolute Gasteiger partial charge is 0.459 e. The molecule has 1 saturated heterocycles. The molecule has 6 fully saturated rings. The average Bonchev–Trinajstić information content (AvgIpc) is 3.17. The first-order chi connectivity index (χ1) is 12.4. The summed E-state index contributed by atoms with van der Waals surface area (Å²) in [6.07, 6.45) is 8.74. The van der Waals surface area contributed by atoms with Crippen LogP contribution in [-0.4, -0.2) is 35.3 Å². The molecule has 0 amide bonds. The Morgan fingerprint density at radius 1 is 1.00 bits per heavy atom. The van der Waals surface area contributed by atoms with Crippen molar-refractivity contribution in [1.29, 1.82) is 0 Å². The number of fused-ring (bicyclic) bond motifs is 1. The molecule has 1 heterocycles. The summed E-state index contributed by atoms with van der Waals surface area (Å²) in [5.74, 6) is 0.871. The Kier molecular flexibility index (Phi) is 3.73. The van der Waals surface area contributed by atoms with Gasteiger partial charge in [0.05, 0.1) is 24.0 Å². The van der Waals surface area contributed by atoms with Crippen molar-refractivity contribution in [2.45, 2.75) is 95.0 Å². The molecular weight excluding hydrogens is 332 g/mol. The van der Waals surface area contributed by atoms with Gasteiger partial charge in [-0.1, -0.05) is 13.8 Å². The average molecular weight is 362 g/mol. The zero-order valence-electron chi connectivity index (χ0n) is 15.9. The molecule has 6 rings (SSSR count). The maximum atomic E-state index is 12.8. The molecule has 144 valence electrons. The van der Waals surface area contributed by atoms with Gasteiger partial charge >= 0.3 is 11.9 Å². The van der Waals surface area contributed by atoms with Crippen LogP contribution in [0.4, 0.5) is 0 Å². The van der Waals surface area contributed by atoms with E-state index >= 15 is 0 Å². The zero-order valence-corrected chi connectivity index (χ0v) is 15.9. The second-order valence-electron chi connectivity index (χ2n) is 9.86. The first-order valence-corrected chi connectivity index (χ1v) is 10.5. The molecule has 0 aromatic carbocycles. The van der Waals surface area contributed by atoms with Gasteiger partial charge in [-0.3, -0.25) is 9.59 Å². The monoisotopic (exact) mass is 362 g/mol. The summed E-state index contributed by atoms with van der Waals surface area (Å²) < 4.78 is 17.8. The van der Waals surface area contributed by atoms with Crippen molar-refractivity contribution in [3.63, 3.8) is 0 Å². The van der Waals surface area contributed by atoms with E-state index in [1.807, 2.05) is 13.8 Å². The van der Waals surface area contributed by atoms with Gasteiger partial charge in [0.1, 0.15) is 11.2 Å². The van der Waals surface area contributed by atoms with E-state index in [1.165, 1.54) is 6.42 Å². The molecule has 5 atom stereocenters. The normalized spacial score (nSPS) is 48.8. The van der Waals surface area contributed by atoms with Crippen LogP contribution in [0.5, 0.6) is 0 Å². The van der Waals surface area contributed by atoms with Crippen LogP contribution in [0.25, 0.3) is 0 Å². The zero-order chi connectivity index (χ0) is 18.1. The number of ether oxygens (including phenoxy) is 3. The van der Waals surface area contributed by atoms with Crippen LogP contribution in [0.3, 0.4) is 0 Å². The summed E-state index contributed by atoms with van der Waals surface area (Å²) >= 11 is 0. The van der Waals surface area contributed by atoms with Crippen molar-refractivity contribution in [3.05, 3.63) is 0 Å². The van der Waals surface area contributed by atoms with Gasteiger partial charge in [-0.15, -0.1) is 0 Å². The lowest BCUT2D eigenvalue weighted by molar-refractivity contribution is -0.234. The van der Waals surface area contributed by atoms with E-state index in [-0.39, 0.29) is 23.8 Å². The third kappa shape index (κ3) is 2.78. The molecule has 0 aromatic heterocycles. The molecule has 0 radical (unpaired) electrons. The molecule has 5 heteroatoms. The molecule has 0 spiro atoms. The highest BCUT2D eigenvalue weighted by Crippen LogP contribution is 2.60. The molecule has 5 saturated carbocycles. The summed E-state index contributed by atoms with van der Waals surface area (Å²) in [4.78, 5) is 25.3. The van der Waals surface area contributed by atoms with Crippen LogP contribution in [0.1, 0.15) is 71.6 Å². The Balaban J connectivity index is 1.31. The minimum Gasteiger partial charge on any atom is -0.459 e. The van der Waals surface area contributed by atoms with Crippen molar-refractivity contribution in [3.8, 4) is 0 Å². The maximum absolute atomic E-state index is 12.8. The molecular formula is C21H30O5. The van der Waals surface area contributed by atoms with Crippen LogP contribution in [0.2, 0.25) is 0 Å². The number of carbonyl (C=O) groups excluding carboxylic acids is 2. The van der Waals surface area contributed by atoms with Crippen LogP contribution >= 0.6 is 0 Å². The fourth-order valence-corrected chi connectivity index (χ4v) is 6.56. The van der Waals surface area contributed by atoms with Gasteiger partial charge in [0.2, 0.25) is 0 Å². The van der Waals surface area contributed by atoms with Gasteiger partial charge in [-0.05, 0) is 63.2 Å². The SMILES string of the molecule is CCC(C)C(=O)OC12CC3CC(C1)CC(OC(=O)C1CC4OC4C1)(C3)C2. The lowest BCUT2D eigenvalue weighted by Crippen LogP contribution is -2.62. The highest BCUT2D eigenvalue weighted by atomic mass is 16.6. The topological polar surface area (TPSA) is 65.1 Å². The summed E-state index contributed by atoms with van der Waals surface area (Å²) in [5.41, 5.74) is -0.795. The Morgan fingerprint density at radius 2 is 1.58 bits per heavy atom. The Labute approximate surface area is 155 Å². The molecule has 1 aliphatic heterocycles. The summed E-state index contributed by atoms with van der Waals surface area (Å²) in [6.45, 7) is 3.96. The van der Waals surface area contributed by atoms with Crippen molar-refractivity contribution >= 4 is 11.9 Å². The number of rotatable bonds is 5. The predicted molar refractivity (Wildman–Crippen MR) is 93.2 cm³/mol. The smallest absolute Gasteiger partial charge is 0.309 e. The molecule has 0 N–H and O–H groups in total. The van der Waals surface area contributed by atoms with E-state index in [4.69, 9.17) is 14.2 Å². The van der Waals surface area contributed by atoms with Crippen LogP contribution in [-0.2, 0) is 23.8 Å². The standard InChI is InChI=1S/C21H30O5/c1-3-12(2)18(22)25-20-7-13-4-14(8-20)10-21(9-13,11-20)26-19(23)15-5-16-17(6-15)24-16/h12-17H,3-11H2,1-2H3. The highest BCUT2D eigenvalue weighted by molar-refractivity contribution is 5.74. The third-order valence-corrected chi connectivity index (χ3v) is 7.66. The van der Waals surface area contributed by atoms with E-state index in [0.29, 0.717) is 30.5 Å².